The number of hydrogen-bond acceptors (Lipinski definition) is 5. The molecule has 26 heavy (non-hydrogen) atoms. The van der Waals surface area contributed by atoms with Gasteiger partial charge in [-0.25, -0.2) is 4.98 Å². The van der Waals surface area contributed by atoms with Crippen molar-refractivity contribution in [2.45, 2.75) is 33.2 Å². The van der Waals surface area contributed by atoms with Crippen LogP contribution >= 0.6 is 24.0 Å². The number of piperidine rings is 1. The van der Waals surface area contributed by atoms with Gasteiger partial charge in [-0.2, -0.15) is 0 Å². The lowest BCUT2D eigenvalue weighted by molar-refractivity contribution is -0.149. The van der Waals surface area contributed by atoms with Gasteiger partial charge in [0.25, 0.3) is 0 Å². The van der Waals surface area contributed by atoms with E-state index in [1.54, 1.807) is 13.2 Å². The van der Waals surface area contributed by atoms with Crippen LogP contribution in [0.1, 0.15) is 32.3 Å². The first-order chi connectivity index (χ1) is 12.2. The molecule has 2 rings (SSSR count). The summed E-state index contributed by atoms with van der Waals surface area (Å²) in [6.45, 7) is 6.97. The Kier molecular flexibility index (Phi) is 10.3. The van der Waals surface area contributed by atoms with E-state index >= 15 is 0 Å². The summed E-state index contributed by atoms with van der Waals surface area (Å²) in [6.07, 6.45) is 3.30. The summed E-state index contributed by atoms with van der Waals surface area (Å²) in [6, 6.07) is 3.89. The van der Waals surface area contributed by atoms with Gasteiger partial charge in [0.15, 0.2) is 5.96 Å². The number of carbonyl (C=O) groups excluding carboxylic acids is 1. The molecule has 0 amide bonds. The Hall–Kier alpha value is -1.58. The predicted molar refractivity (Wildman–Crippen MR) is 112 cm³/mol. The molecule has 2 heterocycles. The summed E-state index contributed by atoms with van der Waals surface area (Å²) in [7, 11) is 1.77. The Morgan fingerprint density at radius 1 is 1.35 bits per heavy atom. The SMILES string of the molecule is CCOC(=O)C1CCN(C(=NC)NCc2cccnc2OCC)CC1.I. The summed E-state index contributed by atoms with van der Waals surface area (Å²) in [5.74, 6) is 1.39. The minimum Gasteiger partial charge on any atom is -0.478 e. The number of esters is 1. The van der Waals surface area contributed by atoms with Gasteiger partial charge in [0.05, 0.1) is 19.1 Å². The number of hydrogen-bond donors (Lipinski definition) is 1. The van der Waals surface area contributed by atoms with Crippen LogP contribution in [0.15, 0.2) is 23.3 Å². The molecule has 0 saturated carbocycles. The second-order valence-corrected chi connectivity index (χ2v) is 5.81. The van der Waals surface area contributed by atoms with Crippen molar-refractivity contribution in [1.82, 2.24) is 15.2 Å². The van der Waals surface area contributed by atoms with Crippen LogP contribution in [0.2, 0.25) is 0 Å². The Labute approximate surface area is 172 Å². The summed E-state index contributed by atoms with van der Waals surface area (Å²) in [4.78, 5) is 22.6. The van der Waals surface area contributed by atoms with Crippen LogP contribution in [0.4, 0.5) is 0 Å². The lowest BCUT2D eigenvalue weighted by Crippen LogP contribution is -2.46. The molecule has 0 bridgehead atoms. The summed E-state index contributed by atoms with van der Waals surface area (Å²) in [5, 5.41) is 3.36. The number of aromatic nitrogens is 1. The molecular formula is C18H29IN4O3. The zero-order chi connectivity index (χ0) is 18.1. The number of nitrogens with one attached hydrogen (secondary N) is 1. The van der Waals surface area contributed by atoms with Crippen LogP contribution in [-0.4, -0.2) is 55.2 Å². The highest BCUT2D eigenvalue weighted by Crippen LogP contribution is 2.19. The van der Waals surface area contributed by atoms with Crippen LogP contribution in [0.3, 0.4) is 0 Å². The maximum atomic E-state index is 11.8. The second kappa shape index (κ2) is 11.9. The third kappa shape index (κ3) is 6.30. The fraction of sp³-hybridized carbons (Fsp3) is 0.611. The van der Waals surface area contributed by atoms with E-state index in [1.807, 2.05) is 26.0 Å². The summed E-state index contributed by atoms with van der Waals surface area (Å²) >= 11 is 0. The van der Waals surface area contributed by atoms with Gasteiger partial charge in [-0.15, -0.1) is 24.0 Å². The third-order valence-corrected chi connectivity index (χ3v) is 4.19. The normalized spacial score (nSPS) is 15.2. The number of halogens is 1. The van der Waals surface area contributed by atoms with Crippen molar-refractivity contribution in [3.05, 3.63) is 23.9 Å². The topological polar surface area (TPSA) is 76.0 Å². The molecule has 0 aliphatic carbocycles. The fourth-order valence-corrected chi connectivity index (χ4v) is 2.92. The van der Waals surface area contributed by atoms with Gasteiger partial charge in [-0.05, 0) is 32.8 Å². The highest BCUT2D eigenvalue weighted by molar-refractivity contribution is 14.0. The Morgan fingerprint density at radius 3 is 2.69 bits per heavy atom. The van der Waals surface area contributed by atoms with E-state index in [0.29, 0.717) is 25.6 Å². The molecule has 0 radical (unpaired) electrons. The molecule has 0 spiro atoms. The van der Waals surface area contributed by atoms with Crippen LogP contribution in [0, 0.1) is 5.92 Å². The van der Waals surface area contributed by atoms with E-state index in [0.717, 1.165) is 37.5 Å². The van der Waals surface area contributed by atoms with E-state index in [9.17, 15) is 4.79 Å². The Bertz CT molecular complexity index is 590. The molecule has 1 saturated heterocycles. The van der Waals surface area contributed by atoms with Crippen LogP contribution in [-0.2, 0) is 16.1 Å². The molecule has 7 nitrogen and oxygen atoms in total. The minimum absolute atomic E-state index is 0. The van der Waals surface area contributed by atoms with Crippen LogP contribution in [0.5, 0.6) is 5.88 Å². The lowest BCUT2D eigenvalue weighted by Gasteiger charge is -2.33. The largest absolute Gasteiger partial charge is 0.478 e. The number of carbonyl (C=O) groups is 1. The number of aliphatic imine (C=N–C) groups is 1. The van der Waals surface area contributed by atoms with Gasteiger partial charge in [-0.1, -0.05) is 6.07 Å². The Morgan fingerprint density at radius 2 is 2.08 bits per heavy atom. The molecule has 1 aromatic rings. The number of pyridine rings is 1. The lowest BCUT2D eigenvalue weighted by atomic mass is 9.97. The zero-order valence-electron chi connectivity index (χ0n) is 15.7. The minimum atomic E-state index is -0.0817. The second-order valence-electron chi connectivity index (χ2n) is 5.81. The maximum absolute atomic E-state index is 11.8. The number of guanidine groups is 1. The molecule has 1 fully saturated rings. The van der Waals surface area contributed by atoms with Crippen LogP contribution in [0.25, 0.3) is 0 Å². The number of ether oxygens (including phenoxy) is 2. The molecule has 1 aliphatic rings. The molecule has 146 valence electrons. The number of rotatable bonds is 6. The molecule has 1 aliphatic heterocycles. The molecule has 8 heteroatoms. The average molecular weight is 476 g/mol. The molecule has 1 N–H and O–H groups in total. The molecule has 0 aromatic carbocycles. The highest BCUT2D eigenvalue weighted by atomic mass is 127. The summed E-state index contributed by atoms with van der Waals surface area (Å²) in [5.41, 5.74) is 0.993. The van der Waals surface area contributed by atoms with E-state index in [-0.39, 0.29) is 35.9 Å². The fourth-order valence-electron chi connectivity index (χ4n) is 2.92. The van der Waals surface area contributed by atoms with Crippen LogP contribution < -0.4 is 10.1 Å². The van der Waals surface area contributed by atoms with Gasteiger partial charge < -0.3 is 19.7 Å². The third-order valence-electron chi connectivity index (χ3n) is 4.19. The first kappa shape index (κ1) is 22.5. The van der Waals surface area contributed by atoms with E-state index in [2.05, 4.69) is 20.2 Å². The molecular weight excluding hydrogens is 447 g/mol. The van der Waals surface area contributed by atoms with Crippen molar-refractivity contribution in [3.63, 3.8) is 0 Å². The quantitative estimate of drug-likeness (QED) is 0.294. The summed E-state index contributed by atoms with van der Waals surface area (Å²) < 4.78 is 10.7. The molecule has 0 atom stereocenters. The van der Waals surface area contributed by atoms with Gasteiger partial charge in [-0.3, -0.25) is 9.79 Å². The van der Waals surface area contributed by atoms with Crippen molar-refractivity contribution in [2.75, 3.05) is 33.4 Å². The highest BCUT2D eigenvalue weighted by Gasteiger charge is 2.27. The van der Waals surface area contributed by atoms with Gasteiger partial charge in [0, 0.05) is 38.4 Å². The van der Waals surface area contributed by atoms with Gasteiger partial charge in [0.1, 0.15) is 0 Å². The monoisotopic (exact) mass is 476 g/mol. The van der Waals surface area contributed by atoms with Gasteiger partial charge >= 0.3 is 5.97 Å². The van der Waals surface area contributed by atoms with Crippen molar-refractivity contribution in [1.29, 1.82) is 0 Å². The number of likely N-dealkylation sites (tertiary alicyclic amines) is 1. The smallest absolute Gasteiger partial charge is 0.309 e. The maximum Gasteiger partial charge on any atom is 0.309 e. The van der Waals surface area contributed by atoms with E-state index in [4.69, 9.17) is 9.47 Å². The standard InChI is InChI=1S/C18H28N4O3.HI/c1-4-24-16-15(7-6-10-20-16)13-21-18(19-3)22-11-8-14(9-12-22)17(23)25-5-2;/h6-7,10,14H,4-5,8-9,11-13H2,1-3H3,(H,19,21);1H. The van der Waals surface area contributed by atoms with Crippen molar-refractivity contribution < 1.29 is 14.3 Å². The first-order valence-electron chi connectivity index (χ1n) is 8.88. The molecule has 0 unspecified atom stereocenters. The molecule has 1 aromatic heterocycles. The van der Waals surface area contributed by atoms with Crippen molar-refractivity contribution >= 4 is 35.9 Å². The predicted octanol–water partition coefficient (Wildman–Crippen LogP) is 2.45. The van der Waals surface area contributed by atoms with Gasteiger partial charge in [0.2, 0.25) is 5.88 Å². The van der Waals surface area contributed by atoms with E-state index in [1.165, 1.54) is 0 Å². The number of nitrogens with zero attached hydrogens (tertiary/aromatic N) is 3. The average Bonchev–Trinajstić information content (AvgIpc) is 2.64. The first-order valence-corrected chi connectivity index (χ1v) is 8.88. The van der Waals surface area contributed by atoms with Crippen molar-refractivity contribution in [3.8, 4) is 5.88 Å². The zero-order valence-corrected chi connectivity index (χ0v) is 18.1. The van der Waals surface area contributed by atoms with Crippen molar-refractivity contribution in [2.24, 2.45) is 10.9 Å². The Balaban J connectivity index is 0.00000338. The van der Waals surface area contributed by atoms with E-state index < -0.39 is 0 Å².